The van der Waals surface area contributed by atoms with Crippen LogP contribution in [0.3, 0.4) is 0 Å². The molecule has 0 radical (unpaired) electrons. The first kappa shape index (κ1) is 24.4. The van der Waals surface area contributed by atoms with Crippen molar-refractivity contribution in [3.63, 3.8) is 0 Å². The fraction of sp³-hybridized carbons (Fsp3) is 0.357. The van der Waals surface area contributed by atoms with E-state index in [0.717, 1.165) is 27.6 Å². The molecule has 190 valence electrons. The number of aromatic amines is 1. The van der Waals surface area contributed by atoms with Gasteiger partial charge in [0, 0.05) is 29.9 Å². The number of methoxy groups -OCH3 is 1. The summed E-state index contributed by atoms with van der Waals surface area (Å²) in [6.07, 6.45) is 1.48. The number of nitrogens with zero attached hydrogens (tertiary/aromatic N) is 2. The third kappa shape index (κ3) is 4.51. The molecule has 1 aromatic heterocycles. The smallest absolute Gasteiger partial charge is 0.271 e. The number of nitriles is 1. The van der Waals surface area contributed by atoms with E-state index >= 15 is 0 Å². The molecule has 1 fully saturated rings. The number of rotatable bonds is 6. The molecule has 0 saturated carbocycles. The molecule has 2 aliphatic heterocycles. The Kier molecular flexibility index (Phi) is 6.57. The van der Waals surface area contributed by atoms with Gasteiger partial charge in [-0.1, -0.05) is 24.3 Å². The summed E-state index contributed by atoms with van der Waals surface area (Å²) in [6, 6.07) is 13.4. The van der Waals surface area contributed by atoms with Crippen molar-refractivity contribution in [3.05, 3.63) is 64.8 Å². The van der Waals surface area contributed by atoms with E-state index in [0.29, 0.717) is 37.4 Å². The Morgan fingerprint density at radius 3 is 2.81 bits per heavy atom. The van der Waals surface area contributed by atoms with Crippen LogP contribution in [0.2, 0.25) is 0 Å². The number of ether oxygens (including phenoxy) is 1. The summed E-state index contributed by atoms with van der Waals surface area (Å²) >= 11 is 0. The second-order valence-corrected chi connectivity index (χ2v) is 9.60. The minimum atomic E-state index is -0.905. The van der Waals surface area contributed by atoms with Gasteiger partial charge in [0.25, 0.3) is 5.91 Å². The van der Waals surface area contributed by atoms with Gasteiger partial charge < -0.3 is 25.3 Å². The third-order valence-corrected chi connectivity index (χ3v) is 7.39. The summed E-state index contributed by atoms with van der Waals surface area (Å²) in [5.41, 5.74) is 3.95. The zero-order valence-corrected chi connectivity index (χ0v) is 20.8. The first-order valence-electron chi connectivity index (χ1n) is 12.4. The second kappa shape index (κ2) is 9.97. The van der Waals surface area contributed by atoms with Gasteiger partial charge in [-0.2, -0.15) is 5.26 Å². The topological polar surface area (TPSA) is 127 Å². The number of amides is 3. The van der Waals surface area contributed by atoms with E-state index in [1.165, 1.54) is 0 Å². The predicted octanol–water partition coefficient (Wildman–Crippen LogP) is 2.76. The summed E-state index contributed by atoms with van der Waals surface area (Å²) in [5.74, 6) is -0.508. The highest BCUT2D eigenvalue weighted by atomic mass is 16.5. The summed E-state index contributed by atoms with van der Waals surface area (Å²) < 4.78 is 5.44. The number of H-pyrrole nitrogens is 1. The average molecular weight is 500 g/mol. The average Bonchev–Trinajstić information content (AvgIpc) is 3.53. The monoisotopic (exact) mass is 499 g/mol. The van der Waals surface area contributed by atoms with Crippen LogP contribution in [0, 0.1) is 24.2 Å². The highest BCUT2D eigenvalue weighted by Crippen LogP contribution is 2.34. The minimum absolute atomic E-state index is 0.0980. The molecule has 3 N–H and O–H groups in total. The van der Waals surface area contributed by atoms with Crippen molar-refractivity contribution in [2.45, 2.75) is 38.3 Å². The molecule has 3 amide bonds. The van der Waals surface area contributed by atoms with Crippen molar-refractivity contribution in [2.24, 2.45) is 5.92 Å². The number of carbonyl (C=O) groups excluding carboxylic acids is 3. The molecule has 9 nitrogen and oxygen atoms in total. The van der Waals surface area contributed by atoms with Crippen molar-refractivity contribution in [1.29, 1.82) is 5.26 Å². The lowest BCUT2D eigenvalue weighted by Gasteiger charge is -2.37. The summed E-state index contributed by atoms with van der Waals surface area (Å²) in [4.78, 5) is 44.3. The number of hydrogen-bond acceptors (Lipinski definition) is 5. The molecule has 0 bridgehead atoms. The van der Waals surface area contributed by atoms with E-state index in [9.17, 15) is 19.6 Å². The fourth-order valence-corrected chi connectivity index (χ4v) is 5.48. The first-order valence-corrected chi connectivity index (χ1v) is 12.4. The largest absolute Gasteiger partial charge is 0.496 e. The van der Waals surface area contributed by atoms with Crippen LogP contribution in [-0.2, 0) is 16.0 Å². The van der Waals surface area contributed by atoms with Crippen LogP contribution in [0.5, 0.6) is 5.75 Å². The SMILES string of the molecule is COc1cccc2[nH]c(C(=O)N3CCc4c(C)cccc4[C@@H]3C(=O)N[C@H](C#N)C[C@@H]3CCNC3=O)cc12. The van der Waals surface area contributed by atoms with Gasteiger partial charge in [0.15, 0.2) is 0 Å². The Morgan fingerprint density at radius 2 is 2.08 bits per heavy atom. The van der Waals surface area contributed by atoms with Crippen molar-refractivity contribution in [2.75, 3.05) is 20.2 Å². The van der Waals surface area contributed by atoms with E-state index in [2.05, 4.69) is 21.7 Å². The molecular formula is C28H29N5O4. The predicted molar refractivity (Wildman–Crippen MR) is 137 cm³/mol. The molecular weight excluding hydrogens is 470 g/mol. The lowest BCUT2D eigenvalue weighted by Crippen LogP contribution is -2.49. The molecule has 5 rings (SSSR count). The first-order chi connectivity index (χ1) is 17.9. The number of nitrogens with one attached hydrogen (secondary N) is 3. The van der Waals surface area contributed by atoms with E-state index in [1.807, 2.05) is 43.3 Å². The molecule has 0 spiro atoms. The number of hydrogen-bond donors (Lipinski definition) is 3. The Hall–Kier alpha value is -4.32. The van der Waals surface area contributed by atoms with Gasteiger partial charge in [0.05, 0.1) is 13.2 Å². The number of fused-ring (bicyclic) bond motifs is 2. The Morgan fingerprint density at radius 1 is 1.27 bits per heavy atom. The van der Waals surface area contributed by atoms with Crippen molar-refractivity contribution in [3.8, 4) is 11.8 Å². The van der Waals surface area contributed by atoms with Crippen LogP contribution in [0.25, 0.3) is 10.9 Å². The standard InChI is InChI=1S/C28H29N5O4/c1-16-5-3-6-20-19(16)10-12-33(28(36)23-14-21-22(32-23)7-4-8-24(21)37-2)25(20)27(35)31-18(15-29)13-17-9-11-30-26(17)34/h3-8,14,17-18,25,32H,9-13H2,1-2H3,(H,30,34)(H,31,35)/t17-,18-,25+/m0/s1. The van der Waals surface area contributed by atoms with Gasteiger partial charge in [-0.3, -0.25) is 14.4 Å². The molecule has 2 aliphatic rings. The molecule has 3 aromatic rings. The maximum Gasteiger partial charge on any atom is 0.271 e. The van der Waals surface area contributed by atoms with Crippen LogP contribution in [-0.4, -0.2) is 53.8 Å². The second-order valence-electron chi connectivity index (χ2n) is 9.60. The van der Waals surface area contributed by atoms with Gasteiger partial charge in [0.1, 0.15) is 23.5 Å². The van der Waals surface area contributed by atoms with Gasteiger partial charge in [0.2, 0.25) is 11.8 Å². The molecule has 0 aliphatic carbocycles. The number of carbonyl (C=O) groups is 3. The normalized spacial score (nSPS) is 19.6. The van der Waals surface area contributed by atoms with Crippen molar-refractivity contribution < 1.29 is 19.1 Å². The Bertz CT molecular complexity index is 1420. The number of benzene rings is 2. The number of aromatic nitrogens is 1. The molecule has 1 saturated heterocycles. The van der Waals surface area contributed by atoms with Crippen molar-refractivity contribution in [1.82, 2.24) is 20.5 Å². The lowest BCUT2D eigenvalue weighted by molar-refractivity contribution is -0.127. The summed E-state index contributed by atoms with van der Waals surface area (Å²) in [5, 5.41) is 16.1. The highest BCUT2D eigenvalue weighted by molar-refractivity contribution is 6.02. The lowest BCUT2D eigenvalue weighted by atomic mass is 9.88. The van der Waals surface area contributed by atoms with Crippen molar-refractivity contribution >= 4 is 28.6 Å². The molecule has 3 atom stereocenters. The van der Waals surface area contributed by atoms with E-state index in [-0.39, 0.29) is 24.2 Å². The van der Waals surface area contributed by atoms with Gasteiger partial charge in [-0.25, -0.2) is 0 Å². The molecule has 37 heavy (non-hydrogen) atoms. The maximum atomic E-state index is 13.8. The van der Waals surface area contributed by atoms with E-state index in [4.69, 9.17) is 4.74 Å². The van der Waals surface area contributed by atoms with Crippen LogP contribution in [0.1, 0.15) is 46.1 Å². The molecule has 0 unspecified atom stereocenters. The molecule has 2 aromatic carbocycles. The summed E-state index contributed by atoms with van der Waals surface area (Å²) in [6.45, 7) is 2.91. The van der Waals surface area contributed by atoms with E-state index in [1.54, 1.807) is 18.1 Å². The van der Waals surface area contributed by atoms with Gasteiger partial charge >= 0.3 is 0 Å². The molecule has 9 heteroatoms. The van der Waals surface area contributed by atoms with Gasteiger partial charge in [-0.05, 0) is 61.1 Å². The zero-order chi connectivity index (χ0) is 26.1. The van der Waals surface area contributed by atoms with Crippen LogP contribution in [0.15, 0.2) is 42.5 Å². The van der Waals surface area contributed by atoms with Crippen LogP contribution >= 0.6 is 0 Å². The quantitative estimate of drug-likeness (QED) is 0.481. The van der Waals surface area contributed by atoms with Crippen LogP contribution < -0.4 is 15.4 Å². The number of aryl methyl sites for hydroxylation is 1. The Labute approximate surface area is 214 Å². The zero-order valence-electron chi connectivity index (χ0n) is 20.8. The van der Waals surface area contributed by atoms with Crippen LogP contribution in [0.4, 0.5) is 0 Å². The minimum Gasteiger partial charge on any atom is -0.496 e. The molecule has 3 heterocycles. The highest BCUT2D eigenvalue weighted by Gasteiger charge is 2.38. The van der Waals surface area contributed by atoms with E-state index < -0.39 is 18.0 Å². The maximum absolute atomic E-state index is 13.8. The fourth-order valence-electron chi connectivity index (χ4n) is 5.48. The van der Waals surface area contributed by atoms with Gasteiger partial charge in [-0.15, -0.1) is 0 Å². The Balaban J connectivity index is 1.47. The third-order valence-electron chi connectivity index (χ3n) is 7.39. The summed E-state index contributed by atoms with van der Waals surface area (Å²) in [7, 11) is 1.58.